The Morgan fingerprint density at radius 3 is 2.57 bits per heavy atom. The van der Waals surface area contributed by atoms with Crippen LogP contribution in [-0.2, 0) is 11.3 Å². The summed E-state index contributed by atoms with van der Waals surface area (Å²) in [6, 6.07) is 13.6. The standard InChI is InChI=1S/C22H23Cl2N3O/c1-22(2,3)27-13-15(10-20(27)28)21-25-18-6-4-5-7-19(18)26(21)12-14-8-9-16(23)11-17(14)24/h4-9,11,15H,10,12-13H2,1-3H3/t15-/m1/s1. The summed E-state index contributed by atoms with van der Waals surface area (Å²) in [6.45, 7) is 7.49. The normalized spacial score (nSPS) is 17.7. The van der Waals surface area contributed by atoms with Crippen molar-refractivity contribution in [2.75, 3.05) is 6.54 Å². The molecular formula is C22H23Cl2N3O. The van der Waals surface area contributed by atoms with Crippen LogP contribution in [0.2, 0.25) is 10.0 Å². The minimum atomic E-state index is -0.192. The summed E-state index contributed by atoms with van der Waals surface area (Å²) < 4.78 is 2.19. The Morgan fingerprint density at radius 1 is 1.14 bits per heavy atom. The number of hydrogen-bond acceptors (Lipinski definition) is 2. The van der Waals surface area contributed by atoms with Crippen molar-refractivity contribution in [3.63, 3.8) is 0 Å². The number of likely N-dealkylation sites (tertiary alicyclic amines) is 1. The Hall–Kier alpha value is -2.04. The summed E-state index contributed by atoms with van der Waals surface area (Å²) in [5.74, 6) is 1.18. The Bertz CT molecular complexity index is 1050. The smallest absolute Gasteiger partial charge is 0.223 e. The first-order chi connectivity index (χ1) is 13.2. The maximum atomic E-state index is 12.6. The number of carbonyl (C=O) groups is 1. The van der Waals surface area contributed by atoms with Gasteiger partial charge in [-0.25, -0.2) is 4.98 Å². The Labute approximate surface area is 175 Å². The molecule has 1 fully saturated rings. The fraction of sp³-hybridized carbons (Fsp3) is 0.364. The zero-order valence-corrected chi connectivity index (χ0v) is 17.8. The average molecular weight is 416 g/mol. The van der Waals surface area contributed by atoms with E-state index in [9.17, 15) is 4.79 Å². The molecule has 146 valence electrons. The van der Waals surface area contributed by atoms with Crippen molar-refractivity contribution in [1.29, 1.82) is 0 Å². The molecule has 1 aliphatic heterocycles. The topological polar surface area (TPSA) is 38.1 Å². The first-order valence-corrected chi connectivity index (χ1v) is 10.2. The molecule has 1 aliphatic rings. The first-order valence-electron chi connectivity index (χ1n) is 9.43. The van der Waals surface area contributed by atoms with E-state index in [2.05, 4.69) is 31.4 Å². The van der Waals surface area contributed by atoms with E-state index in [1.165, 1.54) is 0 Å². The number of hydrogen-bond donors (Lipinski definition) is 0. The van der Waals surface area contributed by atoms with E-state index in [1.54, 1.807) is 6.07 Å². The quantitative estimate of drug-likeness (QED) is 0.565. The molecular weight excluding hydrogens is 393 g/mol. The predicted molar refractivity (Wildman–Crippen MR) is 114 cm³/mol. The summed E-state index contributed by atoms with van der Waals surface area (Å²) in [4.78, 5) is 19.5. The van der Waals surface area contributed by atoms with Crippen molar-refractivity contribution in [2.45, 2.75) is 45.2 Å². The summed E-state index contributed by atoms with van der Waals surface area (Å²) in [5, 5.41) is 1.25. The molecule has 4 rings (SSSR count). The van der Waals surface area contributed by atoms with Gasteiger partial charge in [0, 0.05) is 34.5 Å². The van der Waals surface area contributed by atoms with E-state index in [-0.39, 0.29) is 17.4 Å². The third-order valence-electron chi connectivity index (χ3n) is 5.33. The monoisotopic (exact) mass is 415 g/mol. The third kappa shape index (κ3) is 3.51. The van der Waals surface area contributed by atoms with Gasteiger partial charge in [-0.15, -0.1) is 0 Å². The molecule has 0 bridgehead atoms. The number of halogens is 2. The maximum absolute atomic E-state index is 12.6. The van der Waals surface area contributed by atoms with Gasteiger partial charge in [-0.2, -0.15) is 0 Å². The van der Waals surface area contributed by atoms with Crippen LogP contribution in [0.1, 0.15) is 44.5 Å². The van der Waals surface area contributed by atoms with Gasteiger partial charge in [0.25, 0.3) is 0 Å². The second-order valence-corrected chi connectivity index (χ2v) is 9.20. The number of nitrogens with zero attached hydrogens (tertiary/aromatic N) is 3. The van der Waals surface area contributed by atoms with Gasteiger partial charge in [-0.05, 0) is 50.6 Å². The van der Waals surface area contributed by atoms with Crippen LogP contribution in [0.3, 0.4) is 0 Å². The molecule has 1 amide bonds. The molecule has 3 aromatic rings. The molecule has 1 atom stereocenters. The molecule has 2 aromatic carbocycles. The van der Waals surface area contributed by atoms with E-state index in [1.807, 2.05) is 35.2 Å². The Kier molecular flexibility index (Phi) is 4.88. The van der Waals surface area contributed by atoms with Crippen molar-refractivity contribution in [3.05, 3.63) is 63.9 Å². The van der Waals surface area contributed by atoms with E-state index >= 15 is 0 Å². The highest BCUT2D eigenvalue weighted by Crippen LogP contribution is 2.34. The van der Waals surface area contributed by atoms with Crippen molar-refractivity contribution in [2.24, 2.45) is 0 Å². The van der Waals surface area contributed by atoms with Crippen LogP contribution in [0.5, 0.6) is 0 Å². The lowest BCUT2D eigenvalue weighted by atomic mass is 10.1. The van der Waals surface area contributed by atoms with Crippen LogP contribution in [0.15, 0.2) is 42.5 Å². The zero-order chi connectivity index (χ0) is 20.1. The van der Waals surface area contributed by atoms with Crippen molar-refractivity contribution in [1.82, 2.24) is 14.5 Å². The SMILES string of the molecule is CC(C)(C)N1C[C@H](c2nc3ccccc3n2Cc2ccc(Cl)cc2Cl)CC1=O. The highest BCUT2D eigenvalue weighted by Gasteiger charge is 2.39. The first kappa shape index (κ1) is 19.3. The second kappa shape index (κ2) is 7.09. The number of aromatic nitrogens is 2. The summed E-state index contributed by atoms with van der Waals surface area (Å²) in [7, 11) is 0. The van der Waals surface area contributed by atoms with Crippen LogP contribution in [0, 0.1) is 0 Å². The molecule has 0 N–H and O–H groups in total. The summed E-state index contributed by atoms with van der Waals surface area (Å²) in [6.07, 6.45) is 0.481. The maximum Gasteiger partial charge on any atom is 0.223 e. The Balaban J connectivity index is 1.77. The van der Waals surface area contributed by atoms with Gasteiger partial charge < -0.3 is 9.47 Å². The number of imidazole rings is 1. The summed E-state index contributed by atoms with van der Waals surface area (Å²) >= 11 is 12.5. The van der Waals surface area contributed by atoms with Gasteiger partial charge in [0.1, 0.15) is 5.82 Å². The van der Waals surface area contributed by atoms with Gasteiger partial charge >= 0.3 is 0 Å². The van der Waals surface area contributed by atoms with Crippen molar-refractivity contribution >= 4 is 40.1 Å². The minimum Gasteiger partial charge on any atom is -0.337 e. The highest BCUT2D eigenvalue weighted by atomic mass is 35.5. The molecule has 1 saturated heterocycles. The third-order valence-corrected chi connectivity index (χ3v) is 5.91. The van der Waals surface area contributed by atoms with Crippen LogP contribution >= 0.6 is 23.2 Å². The molecule has 28 heavy (non-hydrogen) atoms. The Morgan fingerprint density at radius 2 is 1.89 bits per heavy atom. The molecule has 2 heterocycles. The number of rotatable bonds is 3. The zero-order valence-electron chi connectivity index (χ0n) is 16.2. The van der Waals surface area contributed by atoms with Gasteiger partial charge in [0.15, 0.2) is 0 Å². The number of carbonyl (C=O) groups excluding carboxylic acids is 1. The van der Waals surface area contributed by atoms with E-state index in [4.69, 9.17) is 28.2 Å². The largest absolute Gasteiger partial charge is 0.337 e. The highest BCUT2D eigenvalue weighted by molar-refractivity contribution is 6.35. The van der Waals surface area contributed by atoms with Crippen LogP contribution < -0.4 is 0 Å². The molecule has 1 aromatic heterocycles. The van der Waals surface area contributed by atoms with Crippen molar-refractivity contribution < 1.29 is 4.79 Å². The van der Waals surface area contributed by atoms with Crippen molar-refractivity contribution in [3.8, 4) is 0 Å². The second-order valence-electron chi connectivity index (χ2n) is 8.36. The molecule has 0 aliphatic carbocycles. The minimum absolute atomic E-state index is 0.0604. The van der Waals surface area contributed by atoms with Gasteiger partial charge in [0.2, 0.25) is 5.91 Å². The molecule has 0 saturated carbocycles. The lowest BCUT2D eigenvalue weighted by Gasteiger charge is -2.32. The van der Waals surface area contributed by atoms with Crippen LogP contribution in [0.4, 0.5) is 0 Å². The fourth-order valence-corrected chi connectivity index (χ4v) is 4.39. The van der Waals surface area contributed by atoms with Gasteiger partial charge in [-0.3, -0.25) is 4.79 Å². The number of para-hydroxylation sites is 2. The van der Waals surface area contributed by atoms with E-state index in [0.717, 1.165) is 22.4 Å². The lowest BCUT2D eigenvalue weighted by molar-refractivity contribution is -0.131. The predicted octanol–water partition coefficient (Wildman–Crippen LogP) is 5.51. The van der Waals surface area contributed by atoms with Gasteiger partial charge in [-0.1, -0.05) is 41.4 Å². The molecule has 0 radical (unpaired) electrons. The van der Waals surface area contributed by atoms with Gasteiger partial charge in [0.05, 0.1) is 17.6 Å². The molecule has 0 spiro atoms. The fourth-order valence-electron chi connectivity index (χ4n) is 3.92. The number of amides is 1. The summed E-state index contributed by atoms with van der Waals surface area (Å²) in [5.41, 5.74) is 2.77. The molecule has 4 nitrogen and oxygen atoms in total. The van der Waals surface area contributed by atoms with E-state index in [0.29, 0.717) is 29.6 Å². The number of benzene rings is 2. The van der Waals surface area contributed by atoms with E-state index < -0.39 is 0 Å². The lowest BCUT2D eigenvalue weighted by Crippen LogP contribution is -2.42. The van der Waals surface area contributed by atoms with Crippen LogP contribution in [0.25, 0.3) is 11.0 Å². The number of fused-ring (bicyclic) bond motifs is 1. The van der Waals surface area contributed by atoms with Crippen LogP contribution in [-0.4, -0.2) is 32.4 Å². The average Bonchev–Trinajstić information content (AvgIpc) is 3.18. The molecule has 0 unspecified atom stereocenters. The molecule has 6 heteroatoms.